The molecule has 88 heavy (non-hydrogen) atoms. The highest BCUT2D eigenvalue weighted by molar-refractivity contribution is 7.47. The fourth-order valence-corrected chi connectivity index (χ4v) is 9.72. The molecule has 0 rings (SSSR count). The molecule has 0 spiro atoms. The van der Waals surface area contributed by atoms with Gasteiger partial charge in [-0.05, 0) is 128 Å². The van der Waals surface area contributed by atoms with Gasteiger partial charge in [-0.25, -0.2) is 4.57 Å². The van der Waals surface area contributed by atoms with Crippen LogP contribution in [0.25, 0.3) is 0 Å². The van der Waals surface area contributed by atoms with Crippen molar-refractivity contribution in [2.24, 2.45) is 0 Å². The zero-order valence-electron chi connectivity index (χ0n) is 56.6. The topological polar surface area (TPSA) is 108 Å². The first-order valence-corrected chi connectivity index (χ1v) is 36.4. The molecule has 0 aromatic rings. The fourth-order valence-electron chi connectivity index (χ4n) is 8.98. The number of carbonyl (C=O) groups excluding carboxylic acids is 2. The van der Waals surface area contributed by atoms with Crippen LogP contribution in [-0.4, -0.2) is 74.9 Å². The minimum absolute atomic E-state index is 0.0150. The Balaban J connectivity index is 4.12. The molecule has 0 saturated carbocycles. The lowest BCUT2D eigenvalue weighted by molar-refractivity contribution is -0.870. The van der Waals surface area contributed by atoms with E-state index in [1.54, 1.807) is 0 Å². The van der Waals surface area contributed by atoms with Gasteiger partial charge >= 0.3 is 19.8 Å². The molecule has 9 nitrogen and oxygen atoms in total. The molecule has 0 amide bonds. The molecule has 0 aromatic heterocycles. The Morgan fingerprint density at radius 1 is 0.352 bits per heavy atom. The summed E-state index contributed by atoms with van der Waals surface area (Å²) >= 11 is 0. The number of ether oxygens (including phenoxy) is 2. The minimum Gasteiger partial charge on any atom is -0.462 e. The van der Waals surface area contributed by atoms with Gasteiger partial charge in [0.25, 0.3) is 0 Å². The first-order valence-electron chi connectivity index (χ1n) is 34.9. The molecule has 0 fully saturated rings. The van der Waals surface area contributed by atoms with Crippen LogP contribution in [0.4, 0.5) is 0 Å². The molecule has 0 aliphatic heterocycles. The lowest BCUT2D eigenvalue weighted by Gasteiger charge is -2.24. The molecule has 0 bridgehead atoms. The number of esters is 2. The van der Waals surface area contributed by atoms with Crippen LogP contribution in [0.3, 0.4) is 0 Å². The Hall–Kier alpha value is -4.63. The van der Waals surface area contributed by atoms with E-state index in [-0.39, 0.29) is 32.0 Å². The number of rotatable bonds is 62. The van der Waals surface area contributed by atoms with E-state index in [1.165, 1.54) is 103 Å². The van der Waals surface area contributed by atoms with Gasteiger partial charge in [-0.2, -0.15) is 0 Å². The van der Waals surface area contributed by atoms with E-state index in [0.29, 0.717) is 17.4 Å². The van der Waals surface area contributed by atoms with Crippen molar-refractivity contribution in [3.05, 3.63) is 170 Å². The fraction of sp³-hybridized carbons (Fsp3) is 0.615. The second-order valence-electron chi connectivity index (χ2n) is 23.8. The number of quaternary nitrogens is 1. The largest absolute Gasteiger partial charge is 0.472 e. The maximum absolute atomic E-state index is 12.9. The van der Waals surface area contributed by atoms with E-state index in [1.807, 2.05) is 21.1 Å². The zero-order chi connectivity index (χ0) is 64.1. The predicted molar refractivity (Wildman–Crippen MR) is 380 cm³/mol. The van der Waals surface area contributed by atoms with Gasteiger partial charge < -0.3 is 18.9 Å². The molecule has 2 atom stereocenters. The van der Waals surface area contributed by atoms with Gasteiger partial charge in [0.2, 0.25) is 0 Å². The van der Waals surface area contributed by atoms with Gasteiger partial charge in [-0.1, -0.05) is 287 Å². The van der Waals surface area contributed by atoms with Crippen molar-refractivity contribution >= 4 is 19.8 Å². The van der Waals surface area contributed by atoms with Crippen LogP contribution < -0.4 is 0 Å². The van der Waals surface area contributed by atoms with Gasteiger partial charge in [0.05, 0.1) is 27.7 Å². The highest BCUT2D eigenvalue weighted by Gasteiger charge is 2.27. The van der Waals surface area contributed by atoms with Crippen LogP contribution in [0.15, 0.2) is 170 Å². The monoisotopic (exact) mass is 1240 g/mol. The lowest BCUT2D eigenvalue weighted by Crippen LogP contribution is -2.37. The SMILES string of the molecule is CC/C=C\C/C=C\C/C=C\C/C=C\C/C=C\C/C=C\C/C=C\C/C=C\CCCCC(=O)OC(COC(=O)CCCCCCCCCCCCCCCCCCCC/C=C\C/C=C\C/C=C\C/C=C\C/C=C\C/C=C\CC)COP(=O)(O)OCC[N+](C)(C)C. The summed E-state index contributed by atoms with van der Waals surface area (Å²) in [7, 11) is 1.43. The smallest absolute Gasteiger partial charge is 0.462 e. The van der Waals surface area contributed by atoms with Crippen molar-refractivity contribution in [1.82, 2.24) is 0 Å². The Labute approximate surface area is 540 Å². The van der Waals surface area contributed by atoms with E-state index in [2.05, 4.69) is 184 Å². The van der Waals surface area contributed by atoms with Crippen LogP contribution in [0.2, 0.25) is 0 Å². The van der Waals surface area contributed by atoms with Gasteiger partial charge in [0, 0.05) is 12.8 Å². The summed E-state index contributed by atoms with van der Waals surface area (Å²) < 4.78 is 34.6. The maximum atomic E-state index is 12.9. The summed E-state index contributed by atoms with van der Waals surface area (Å²) in [5.41, 5.74) is 0. The first-order chi connectivity index (χ1) is 43.0. The summed E-state index contributed by atoms with van der Waals surface area (Å²) in [4.78, 5) is 35.8. The van der Waals surface area contributed by atoms with Crippen LogP contribution in [-0.2, 0) is 32.7 Å². The zero-order valence-corrected chi connectivity index (χ0v) is 57.5. The lowest BCUT2D eigenvalue weighted by atomic mass is 10.0. The molecule has 1 N–H and O–H groups in total. The number of carbonyl (C=O) groups is 2. The summed E-state index contributed by atoms with van der Waals surface area (Å²) in [6, 6.07) is 0. The number of likely N-dealkylation sites (N-methyl/N-ethyl adjacent to an activating group) is 1. The molecule has 0 saturated heterocycles. The molecule has 0 aromatic carbocycles. The normalized spacial score (nSPS) is 14.2. The third-order valence-corrected chi connectivity index (χ3v) is 15.2. The number of phosphoric ester groups is 1. The first kappa shape index (κ1) is 83.4. The quantitative estimate of drug-likeness (QED) is 0.0211. The summed E-state index contributed by atoms with van der Waals surface area (Å²) in [5, 5.41) is 0. The molecule has 10 heteroatoms. The average Bonchev–Trinajstić information content (AvgIpc) is 3.60. The van der Waals surface area contributed by atoms with Gasteiger partial charge in [0.15, 0.2) is 6.10 Å². The molecule has 2 unspecified atom stereocenters. The number of phosphoric acid groups is 1. The van der Waals surface area contributed by atoms with Crippen molar-refractivity contribution in [1.29, 1.82) is 0 Å². The maximum Gasteiger partial charge on any atom is 0.472 e. The van der Waals surface area contributed by atoms with Crippen molar-refractivity contribution in [3.8, 4) is 0 Å². The van der Waals surface area contributed by atoms with Crippen LogP contribution in [0.5, 0.6) is 0 Å². The average molecular weight is 1240 g/mol. The number of nitrogens with zero attached hydrogens (tertiary/aromatic N) is 1. The number of allylic oxidation sites excluding steroid dienone is 28. The Morgan fingerprint density at radius 3 is 0.932 bits per heavy atom. The summed E-state index contributed by atoms with van der Waals surface area (Å²) in [6.07, 6.45) is 102. The number of unbranched alkanes of at least 4 members (excludes halogenated alkanes) is 20. The van der Waals surface area contributed by atoms with E-state index in [4.69, 9.17) is 18.5 Å². The van der Waals surface area contributed by atoms with Gasteiger partial charge in [-0.15, -0.1) is 0 Å². The van der Waals surface area contributed by atoms with E-state index < -0.39 is 26.5 Å². The number of hydrogen-bond donors (Lipinski definition) is 1. The van der Waals surface area contributed by atoms with E-state index in [9.17, 15) is 19.0 Å². The molecular weight excluding hydrogens is 1110 g/mol. The highest BCUT2D eigenvalue weighted by Crippen LogP contribution is 2.43. The van der Waals surface area contributed by atoms with Crippen LogP contribution in [0.1, 0.15) is 258 Å². The molecule has 0 heterocycles. The molecule has 498 valence electrons. The number of hydrogen-bond acceptors (Lipinski definition) is 7. The molecular formula is C78H129NO8P+. The van der Waals surface area contributed by atoms with Crippen LogP contribution in [0, 0.1) is 0 Å². The predicted octanol–water partition coefficient (Wildman–Crippen LogP) is 22.9. The standard InChI is InChI=1S/C78H128NO8P/c1-6-8-10-12-14-16-18-20-22-24-26-28-30-32-34-35-36-37-38-39-40-41-42-43-45-46-48-50-52-54-56-58-60-62-64-66-68-70-77(80)84-74-76(75-86-88(82,83)85-73-72-79(3,4)5)87-78(81)71-69-67-65-63-61-59-57-55-53-51-49-47-44-33-31-29-27-25-23-21-19-17-15-13-11-9-7-2/h8-11,14-17,20-23,26-29,32-34,36-37,44,49,51,55,57,61,63,76H,6-7,12-13,18-19,24-25,30-31,35,38-43,45-48,50,52-54,56,58-60,62,64-75H2,1-5H3/p+1/b10-8-,11-9-,16-14-,17-15-,22-20-,23-21-,28-26-,29-27-,34-32-,37-36-,44-33-,51-49-,57-55-,63-61-. The third kappa shape index (κ3) is 70.5. The Morgan fingerprint density at radius 2 is 0.614 bits per heavy atom. The van der Waals surface area contributed by atoms with Crippen LogP contribution >= 0.6 is 7.82 Å². The summed E-state index contributed by atoms with van der Waals surface area (Å²) in [5.74, 6) is -0.855. The molecule has 0 aliphatic rings. The Kier molecular flexibility index (Phi) is 63.3. The van der Waals surface area contributed by atoms with Crippen molar-refractivity contribution in [3.63, 3.8) is 0 Å². The van der Waals surface area contributed by atoms with Crippen molar-refractivity contribution in [2.45, 2.75) is 264 Å². The van der Waals surface area contributed by atoms with Gasteiger partial charge in [-0.3, -0.25) is 18.6 Å². The van der Waals surface area contributed by atoms with Crippen molar-refractivity contribution < 1.29 is 42.1 Å². The second-order valence-corrected chi connectivity index (χ2v) is 25.3. The van der Waals surface area contributed by atoms with Crippen molar-refractivity contribution in [2.75, 3.05) is 47.5 Å². The third-order valence-electron chi connectivity index (χ3n) is 14.2. The van der Waals surface area contributed by atoms with Gasteiger partial charge in [0.1, 0.15) is 19.8 Å². The molecule has 0 aliphatic carbocycles. The second kappa shape index (κ2) is 66.8. The highest BCUT2D eigenvalue weighted by atomic mass is 31.2. The Bertz CT molecular complexity index is 2090. The van der Waals surface area contributed by atoms with E-state index in [0.717, 1.165) is 122 Å². The van der Waals surface area contributed by atoms with E-state index >= 15 is 0 Å². The minimum atomic E-state index is -4.42. The molecule has 0 radical (unpaired) electrons. The summed E-state index contributed by atoms with van der Waals surface area (Å²) in [6.45, 7) is 4.15.